The van der Waals surface area contributed by atoms with Crippen molar-refractivity contribution in [3.8, 4) is 0 Å². The van der Waals surface area contributed by atoms with Gasteiger partial charge in [0.1, 0.15) is 6.04 Å². The van der Waals surface area contributed by atoms with Gasteiger partial charge in [-0.05, 0) is 13.0 Å². The lowest BCUT2D eigenvalue weighted by Crippen LogP contribution is -2.40. The number of rotatable bonds is 4. The first-order valence-electron chi connectivity index (χ1n) is 5.19. The Balaban J connectivity index is 3.07. The molecule has 1 rings (SSSR count). The highest BCUT2D eigenvalue weighted by atomic mass is 35.5. The van der Waals surface area contributed by atoms with Crippen LogP contribution in [0.2, 0.25) is 5.02 Å². The van der Waals surface area contributed by atoms with Crippen LogP contribution in [0.4, 0.5) is 5.69 Å². The summed E-state index contributed by atoms with van der Waals surface area (Å²) in [4.78, 5) is 33.7. The summed E-state index contributed by atoms with van der Waals surface area (Å²) in [5.74, 6) is -1.77. The third-order valence-electron chi connectivity index (χ3n) is 2.65. The lowest BCUT2D eigenvalue weighted by molar-refractivity contribution is -0.384. The number of hydrogen-bond acceptors (Lipinski definition) is 4. The fourth-order valence-electron chi connectivity index (χ4n) is 1.32. The number of benzene rings is 1. The van der Waals surface area contributed by atoms with Crippen LogP contribution in [-0.2, 0) is 4.79 Å². The molecular formula is C11H11ClN2O5. The average Bonchev–Trinajstić information content (AvgIpc) is 2.35. The summed E-state index contributed by atoms with van der Waals surface area (Å²) in [6, 6.07) is 2.36. The number of nitro benzene ring substituents is 1. The van der Waals surface area contributed by atoms with Crippen molar-refractivity contribution in [2.45, 2.75) is 13.0 Å². The van der Waals surface area contributed by atoms with Crippen molar-refractivity contribution in [2.24, 2.45) is 0 Å². The normalized spacial score (nSPS) is 11.7. The second kappa shape index (κ2) is 5.66. The van der Waals surface area contributed by atoms with E-state index in [-0.39, 0.29) is 16.3 Å². The third-order valence-corrected chi connectivity index (χ3v) is 2.97. The molecule has 0 bridgehead atoms. The topological polar surface area (TPSA) is 101 Å². The van der Waals surface area contributed by atoms with Gasteiger partial charge in [-0.25, -0.2) is 4.79 Å². The minimum atomic E-state index is -1.16. The molecule has 1 N–H and O–H groups in total. The van der Waals surface area contributed by atoms with Crippen molar-refractivity contribution in [1.82, 2.24) is 4.90 Å². The number of likely N-dealkylation sites (N-methyl/N-ethyl adjacent to an activating group) is 1. The molecule has 0 aliphatic carbocycles. The monoisotopic (exact) mass is 286 g/mol. The van der Waals surface area contributed by atoms with Gasteiger partial charge in [-0.2, -0.15) is 0 Å². The molecule has 0 saturated carbocycles. The van der Waals surface area contributed by atoms with Crippen LogP contribution in [0.25, 0.3) is 0 Å². The molecule has 0 spiro atoms. The largest absolute Gasteiger partial charge is 0.480 e. The molecule has 1 atom stereocenters. The van der Waals surface area contributed by atoms with Gasteiger partial charge < -0.3 is 10.0 Å². The van der Waals surface area contributed by atoms with Crippen LogP contribution in [0.1, 0.15) is 17.3 Å². The van der Waals surface area contributed by atoms with Crippen molar-refractivity contribution in [2.75, 3.05) is 7.05 Å². The smallest absolute Gasteiger partial charge is 0.326 e. The first-order valence-corrected chi connectivity index (χ1v) is 5.57. The zero-order chi connectivity index (χ0) is 14.7. The maximum atomic E-state index is 12.0. The van der Waals surface area contributed by atoms with E-state index < -0.39 is 22.8 Å². The Bertz CT molecular complexity index is 546. The molecule has 1 amide bonds. The molecule has 0 aliphatic rings. The van der Waals surface area contributed by atoms with Crippen molar-refractivity contribution >= 4 is 29.2 Å². The van der Waals surface area contributed by atoms with E-state index >= 15 is 0 Å². The molecule has 0 aliphatic heterocycles. The van der Waals surface area contributed by atoms with Gasteiger partial charge in [0.15, 0.2) is 0 Å². The fourth-order valence-corrected chi connectivity index (χ4v) is 1.58. The minimum absolute atomic E-state index is 0.0165. The summed E-state index contributed by atoms with van der Waals surface area (Å²) < 4.78 is 0. The standard InChI is InChI=1S/C11H11ClN2O5/c1-6(11(16)17)13(2)10(15)8-4-3-7(14(18)19)5-9(8)12/h3-6H,1-2H3,(H,16,17). The molecule has 1 unspecified atom stereocenters. The maximum absolute atomic E-state index is 12.0. The Kier molecular flexibility index (Phi) is 4.44. The number of non-ortho nitro benzene ring substituents is 1. The number of amides is 1. The van der Waals surface area contributed by atoms with Gasteiger partial charge in [0.2, 0.25) is 0 Å². The van der Waals surface area contributed by atoms with Gasteiger partial charge in [0.25, 0.3) is 11.6 Å². The Morgan fingerprint density at radius 1 is 1.47 bits per heavy atom. The summed E-state index contributed by atoms with van der Waals surface area (Å²) in [5.41, 5.74) is -0.224. The Labute approximate surface area is 113 Å². The Morgan fingerprint density at radius 3 is 2.47 bits per heavy atom. The van der Waals surface area contributed by atoms with Gasteiger partial charge in [-0.3, -0.25) is 14.9 Å². The van der Waals surface area contributed by atoms with Crippen molar-refractivity contribution in [1.29, 1.82) is 0 Å². The van der Waals surface area contributed by atoms with E-state index in [9.17, 15) is 19.7 Å². The molecular weight excluding hydrogens is 276 g/mol. The molecule has 0 radical (unpaired) electrons. The highest BCUT2D eigenvalue weighted by molar-refractivity contribution is 6.34. The lowest BCUT2D eigenvalue weighted by atomic mass is 10.1. The van der Waals surface area contributed by atoms with E-state index in [1.165, 1.54) is 20.0 Å². The van der Waals surface area contributed by atoms with E-state index in [2.05, 4.69) is 0 Å². The summed E-state index contributed by atoms with van der Waals surface area (Å²) in [6.07, 6.45) is 0. The van der Waals surface area contributed by atoms with Crippen LogP contribution < -0.4 is 0 Å². The number of nitrogens with zero attached hydrogens (tertiary/aromatic N) is 2. The van der Waals surface area contributed by atoms with Gasteiger partial charge in [-0.15, -0.1) is 0 Å². The van der Waals surface area contributed by atoms with E-state index in [1.54, 1.807) is 0 Å². The molecule has 0 saturated heterocycles. The SMILES string of the molecule is CC(C(=O)O)N(C)C(=O)c1ccc([N+](=O)[O-])cc1Cl. The summed E-state index contributed by atoms with van der Waals surface area (Å²) in [6.45, 7) is 1.35. The molecule has 1 aromatic rings. The molecule has 7 nitrogen and oxygen atoms in total. The summed E-state index contributed by atoms with van der Waals surface area (Å²) in [7, 11) is 1.32. The number of aliphatic carboxylic acids is 1. The van der Waals surface area contributed by atoms with Crippen LogP contribution in [0.15, 0.2) is 18.2 Å². The van der Waals surface area contributed by atoms with Gasteiger partial charge >= 0.3 is 5.97 Å². The number of carboxylic acid groups (broad SMARTS) is 1. The quantitative estimate of drug-likeness (QED) is 0.672. The Hall–Kier alpha value is -2.15. The maximum Gasteiger partial charge on any atom is 0.326 e. The van der Waals surface area contributed by atoms with Crippen LogP contribution in [0.5, 0.6) is 0 Å². The van der Waals surface area contributed by atoms with Crippen LogP contribution in [0.3, 0.4) is 0 Å². The Morgan fingerprint density at radius 2 is 2.05 bits per heavy atom. The zero-order valence-corrected chi connectivity index (χ0v) is 10.9. The van der Waals surface area contributed by atoms with Crippen molar-refractivity contribution in [3.63, 3.8) is 0 Å². The average molecular weight is 287 g/mol. The number of halogens is 1. The first kappa shape index (κ1) is 14.9. The van der Waals surface area contributed by atoms with Crippen LogP contribution in [0, 0.1) is 10.1 Å². The molecule has 19 heavy (non-hydrogen) atoms. The first-order chi connectivity index (χ1) is 8.75. The van der Waals surface area contributed by atoms with E-state index in [0.29, 0.717) is 0 Å². The number of nitro groups is 1. The molecule has 0 heterocycles. The molecule has 0 fully saturated rings. The highest BCUT2D eigenvalue weighted by Gasteiger charge is 2.25. The van der Waals surface area contributed by atoms with Crippen molar-refractivity contribution < 1.29 is 19.6 Å². The summed E-state index contributed by atoms with van der Waals surface area (Å²) >= 11 is 5.80. The van der Waals surface area contributed by atoms with Crippen LogP contribution >= 0.6 is 11.6 Å². The number of carbonyl (C=O) groups is 2. The second-order valence-electron chi connectivity index (χ2n) is 3.85. The lowest BCUT2D eigenvalue weighted by Gasteiger charge is -2.21. The highest BCUT2D eigenvalue weighted by Crippen LogP contribution is 2.23. The molecule has 1 aromatic carbocycles. The molecule has 0 aromatic heterocycles. The number of carbonyl (C=O) groups excluding carboxylic acids is 1. The summed E-state index contributed by atoms with van der Waals surface area (Å²) in [5, 5.41) is 19.3. The minimum Gasteiger partial charge on any atom is -0.480 e. The predicted octanol–water partition coefficient (Wildman–Crippen LogP) is 1.79. The second-order valence-corrected chi connectivity index (χ2v) is 4.26. The number of hydrogen-bond donors (Lipinski definition) is 1. The van der Waals surface area contributed by atoms with Crippen LogP contribution in [-0.4, -0.2) is 39.9 Å². The van der Waals surface area contributed by atoms with Crippen molar-refractivity contribution in [3.05, 3.63) is 38.9 Å². The molecule has 102 valence electrons. The zero-order valence-electron chi connectivity index (χ0n) is 10.2. The van der Waals surface area contributed by atoms with Gasteiger partial charge in [0, 0.05) is 19.2 Å². The van der Waals surface area contributed by atoms with Gasteiger partial charge in [0.05, 0.1) is 15.5 Å². The number of carboxylic acids is 1. The predicted molar refractivity (Wildman–Crippen MR) is 67.3 cm³/mol. The van der Waals surface area contributed by atoms with Gasteiger partial charge in [-0.1, -0.05) is 11.6 Å². The molecule has 8 heteroatoms. The van der Waals surface area contributed by atoms with E-state index in [0.717, 1.165) is 17.0 Å². The third kappa shape index (κ3) is 3.19. The van der Waals surface area contributed by atoms with E-state index in [1.807, 2.05) is 0 Å². The fraction of sp³-hybridized carbons (Fsp3) is 0.273. The van der Waals surface area contributed by atoms with E-state index in [4.69, 9.17) is 16.7 Å².